The molecule has 9 nitrogen and oxygen atoms in total. The summed E-state index contributed by atoms with van der Waals surface area (Å²) in [5.41, 5.74) is 1.89. The van der Waals surface area contributed by atoms with Crippen molar-refractivity contribution in [1.82, 2.24) is 14.9 Å². The molecule has 0 saturated heterocycles. The van der Waals surface area contributed by atoms with Gasteiger partial charge in [0.25, 0.3) is 0 Å². The van der Waals surface area contributed by atoms with Crippen LogP contribution < -0.4 is 0 Å². The molecule has 50 heavy (non-hydrogen) atoms. The smallest absolute Gasteiger partial charge is 0.418 e. The lowest BCUT2D eigenvalue weighted by Gasteiger charge is -2.37. The number of fused-ring (bicyclic) bond motifs is 1. The van der Waals surface area contributed by atoms with Gasteiger partial charge in [-0.3, -0.25) is 9.79 Å². The number of thioether (sulfide) groups is 1. The van der Waals surface area contributed by atoms with E-state index in [4.69, 9.17) is 14.5 Å². The van der Waals surface area contributed by atoms with E-state index in [9.17, 15) is 14.7 Å². The Balaban J connectivity index is 1.42. The number of aliphatic imine (C=N–C) groups is 1. The molecule has 2 aromatic carbocycles. The van der Waals surface area contributed by atoms with Crippen LogP contribution in [0.4, 0.5) is 13.6 Å². The number of nitrogens with zero attached hydrogens (tertiary/aromatic N) is 4. The van der Waals surface area contributed by atoms with Gasteiger partial charge in [-0.1, -0.05) is 52.7 Å². The maximum atomic E-state index is 15.7. The molecule has 1 aromatic heterocycles. The number of aromatic nitrogens is 2. The summed E-state index contributed by atoms with van der Waals surface area (Å²) < 4.78 is 41.7. The SMILES string of the molecule is Cc1cc(C)cc(C[SiH2]CCOCN(C(=O)OC(C)(C)C)C2=NC(C)(c3cc(/C=C(\F)c4cnc(Br)cn4)ccc3F)C3CC3(C(=O)O)S2)c1. The minimum absolute atomic E-state index is 0.00678. The first-order valence-electron chi connectivity index (χ1n) is 16.3. The van der Waals surface area contributed by atoms with Gasteiger partial charge < -0.3 is 14.6 Å². The van der Waals surface area contributed by atoms with E-state index < -0.39 is 55.0 Å². The Labute approximate surface area is 305 Å². The number of ether oxygens (including phenoxy) is 2. The number of amidine groups is 1. The summed E-state index contributed by atoms with van der Waals surface area (Å²) in [6, 6.07) is 12.5. The van der Waals surface area contributed by atoms with Crippen LogP contribution in [0, 0.1) is 25.6 Å². The molecule has 3 atom stereocenters. The molecule has 3 unspecified atom stereocenters. The third kappa shape index (κ3) is 8.69. The summed E-state index contributed by atoms with van der Waals surface area (Å²) in [6.45, 7) is 11.2. The van der Waals surface area contributed by atoms with Gasteiger partial charge in [0, 0.05) is 27.6 Å². The number of carboxylic acid groups (broad SMARTS) is 1. The van der Waals surface area contributed by atoms with Crippen molar-refractivity contribution < 1.29 is 33.0 Å². The minimum Gasteiger partial charge on any atom is -0.480 e. The van der Waals surface area contributed by atoms with Gasteiger partial charge in [0.15, 0.2) is 11.0 Å². The molecule has 2 heterocycles. The van der Waals surface area contributed by atoms with E-state index in [1.165, 1.54) is 58.3 Å². The number of carbonyl (C=O) groups is 2. The van der Waals surface area contributed by atoms with Gasteiger partial charge >= 0.3 is 12.1 Å². The third-order valence-electron chi connectivity index (χ3n) is 8.60. The highest BCUT2D eigenvalue weighted by atomic mass is 79.9. The van der Waals surface area contributed by atoms with Crippen molar-refractivity contribution in [3.63, 3.8) is 0 Å². The summed E-state index contributed by atoms with van der Waals surface area (Å²) >= 11 is 4.13. The molecule has 5 rings (SSSR count). The first-order valence-corrected chi connectivity index (χ1v) is 19.9. The van der Waals surface area contributed by atoms with Gasteiger partial charge in [-0.2, -0.15) is 0 Å². The Morgan fingerprint density at radius 2 is 1.88 bits per heavy atom. The summed E-state index contributed by atoms with van der Waals surface area (Å²) in [5, 5.41) is 10.5. The zero-order valence-corrected chi connectivity index (χ0v) is 32.7. The van der Waals surface area contributed by atoms with Crippen molar-refractivity contribution in [2.45, 2.75) is 75.9 Å². The Morgan fingerprint density at radius 3 is 2.52 bits per heavy atom. The number of amides is 1. The second-order valence-corrected chi connectivity index (χ2v) is 18.0. The molecule has 1 N–H and O–H groups in total. The van der Waals surface area contributed by atoms with Crippen LogP contribution in [-0.2, 0) is 25.9 Å². The normalized spacial score (nSPS) is 21.9. The van der Waals surface area contributed by atoms with Gasteiger partial charge in [-0.15, -0.1) is 0 Å². The summed E-state index contributed by atoms with van der Waals surface area (Å²) in [7, 11) is -0.500. The molecular weight excluding hydrogens is 746 g/mol. The highest BCUT2D eigenvalue weighted by Gasteiger charge is 2.72. The first kappa shape index (κ1) is 37.8. The van der Waals surface area contributed by atoms with Gasteiger partial charge in [0.2, 0.25) is 0 Å². The number of aryl methyl sites for hydroxylation is 2. The highest BCUT2D eigenvalue weighted by Crippen LogP contribution is 2.66. The second kappa shape index (κ2) is 15.0. The number of halogens is 3. The van der Waals surface area contributed by atoms with Crippen molar-refractivity contribution in [2.24, 2.45) is 10.9 Å². The van der Waals surface area contributed by atoms with Crippen LogP contribution in [0.2, 0.25) is 6.04 Å². The number of hydrogen-bond donors (Lipinski definition) is 1. The molecular formula is C36H41BrF2N4O5SSi. The predicted octanol–water partition coefficient (Wildman–Crippen LogP) is 7.62. The number of aliphatic carboxylic acids is 1. The van der Waals surface area contributed by atoms with E-state index in [0.29, 0.717) is 16.8 Å². The average Bonchev–Trinajstić information content (AvgIpc) is 3.78. The van der Waals surface area contributed by atoms with Crippen LogP contribution >= 0.6 is 27.7 Å². The molecule has 1 aliphatic heterocycles. The maximum Gasteiger partial charge on any atom is 0.418 e. The van der Waals surface area contributed by atoms with Crippen molar-refractivity contribution >= 4 is 66.3 Å². The van der Waals surface area contributed by atoms with E-state index in [1.807, 2.05) is 0 Å². The fourth-order valence-corrected chi connectivity index (χ4v) is 9.26. The lowest BCUT2D eigenvalue weighted by molar-refractivity contribution is -0.137. The van der Waals surface area contributed by atoms with E-state index >= 15 is 8.78 Å². The van der Waals surface area contributed by atoms with E-state index in [0.717, 1.165) is 23.9 Å². The Bertz CT molecular complexity index is 1820. The van der Waals surface area contributed by atoms with Gasteiger partial charge in [-0.05, 0) is 99.8 Å². The molecule has 1 aliphatic carbocycles. The lowest BCUT2D eigenvalue weighted by Crippen LogP contribution is -2.47. The van der Waals surface area contributed by atoms with E-state index in [2.05, 4.69) is 57.9 Å². The quantitative estimate of drug-likeness (QED) is 0.120. The minimum atomic E-state index is -1.42. The molecule has 2 aliphatic rings. The Hall–Kier alpha value is -3.46. The molecule has 1 saturated carbocycles. The predicted molar refractivity (Wildman–Crippen MR) is 198 cm³/mol. The standard InChI is InChI=1S/C36H41BrF2N4O5SSi/c1-21-11-22(2)13-24(12-21)19-50-10-9-47-20-43(33(46)48-34(3,4)5)32-42-35(6,29-16-36(29,49-32)31(44)45)25-14-23(7-8-26(25)38)15-27(39)28-17-41-30(37)18-40-28/h7-8,11-15,17-18,29H,9-10,16,19-20,50H2,1-6H3,(H,44,45)/b27-15-. The molecule has 0 spiro atoms. The van der Waals surface area contributed by atoms with Crippen LogP contribution in [0.5, 0.6) is 0 Å². The van der Waals surface area contributed by atoms with Crippen LogP contribution in [0.15, 0.2) is 58.4 Å². The maximum absolute atomic E-state index is 15.7. The van der Waals surface area contributed by atoms with Crippen LogP contribution in [0.1, 0.15) is 67.6 Å². The molecule has 266 valence electrons. The topological polar surface area (TPSA) is 114 Å². The van der Waals surface area contributed by atoms with Crippen molar-refractivity contribution in [3.05, 3.63) is 92.7 Å². The zero-order valence-electron chi connectivity index (χ0n) is 28.9. The molecule has 1 fully saturated rings. The zero-order chi connectivity index (χ0) is 36.4. The van der Waals surface area contributed by atoms with Crippen LogP contribution in [-0.4, -0.2) is 70.4 Å². The van der Waals surface area contributed by atoms with Crippen LogP contribution in [0.3, 0.4) is 0 Å². The molecule has 1 amide bonds. The van der Waals surface area contributed by atoms with Crippen LogP contribution in [0.25, 0.3) is 11.9 Å². The highest BCUT2D eigenvalue weighted by molar-refractivity contribution is 9.10. The fraction of sp³-hybridized carbons (Fsp3) is 0.417. The van der Waals surface area contributed by atoms with E-state index in [1.54, 1.807) is 27.7 Å². The van der Waals surface area contributed by atoms with Crippen molar-refractivity contribution in [3.8, 4) is 0 Å². The molecule has 0 bridgehead atoms. The Morgan fingerprint density at radius 1 is 1.16 bits per heavy atom. The number of carboxylic acids is 1. The molecule has 0 radical (unpaired) electrons. The fourth-order valence-electron chi connectivity index (χ4n) is 6.20. The molecule has 3 aromatic rings. The monoisotopic (exact) mass is 786 g/mol. The van der Waals surface area contributed by atoms with Gasteiger partial charge in [0.1, 0.15) is 33.2 Å². The van der Waals surface area contributed by atoms with Crippen molar-refractivity contribution in [1.29, 1.82) is 0 Å². The first-order chi connectivity index (χ1) is 23.5. The summed E-state index contributed by atoms with van der Waals surface area (Å²) in [6.07, 6.45) is 3.26. The average molecular weight is 788 g/mol. The molecule has 14 heteroatoms. The number of hydrogen-bond acceptors (Lipinski definition) is 8. The van der Waals surface area contributed by atoms with Gasteiger partial charge in [-0.25, -0.2) is 28.4 Å². The number of carbonyl (C=O) groups excluding carboxylic acids is 1. The van der Waals surface area contributed by atoms with E-state index in [-0.39, 0.29) is 29.6 Å². The summed E-state index contributed by atoms with van der Waals surface area (Å²) in [4.78, 5) is 40.5. The van der Waals surface area contributed by atoms with Gasteiger partial charge in [0.05, 0.1) is 17.9 Å². The Kier molecular flexibility index (Phi) is 11.4. The van der Waals surface area contributed by atoms with Crippen molar-refractivity contribution in [2.75, 3.05) is 13.3 Å². The second-order valence-electron chi connectivity index (χ2n) is 14.0. The third-order valence-corrected chi connectivity index (χ3v) is 12.2. The number of benzene rings is 2. The largest absolute Gasteiger partial charge is 0.480 e. The summed E-state index contributed by atoms with van der Waals surface area (Å²) in [5.74, 6) is -3.02. The number of rotatable bonds is 11. The lowest BCUT2D eigenvalue weighted by atomic mass is 9.84.